The molecule has 0 bridgehead atoms. The summed E-state index contributed by atoms with van der Waals surface area (Å²) in [5, 5.41) is 2.84. The van der Waals surface area contributed by atoms with Crippen molar-refractivity contribution in [3.8, 4) is 5.75 Å². The van der Waals surface area contributed by atoms with Crippen LogP contribution >= 0.6 is 0 Å². The zero-order chi connectivity index (χ0) is 13.5. The second kappa shape index (κ2) is 6.86. The molecule has 1 amide bonds. The number of hydrogen-bond acceptors (Lipinski definition) is 4. The van der Waals surface area contributed by atoms with E-state index in [9.17, 15) is 4.79 Å². The maximum absolute atomic E-state index is 11.9. The normalized spacial score (nSPS) is 11.9. The van der Waals surface area contributed by atoms with Crippen molar-refractivity contribution < 1.29 is 14.3 Å². The van der Waals surface area contributed by atoms with Crippen LogP contribution in [0.4, 0.5) is 5.69 Å². The van der Waals surface area contributed by atoms with Crippen LogP contribution in [0, 0.1) is 0 Å². The molecular formula is C13H20N2O3. The Balaban J connectivity index is 2.66. The third kappa shape index (κ3) is 3.92. The minimum atomic E-state index is -0.166. The Morgan fingerprint density at radius 2 is 2.22 bits per heavy atom. The molecule has 0 spiro atoms. The Morgan fingerprint density at radius 3 is 2.83 bits per heavy atom. The van der Waals surface area contributed by atoms with Gasteiger partial charge in [0, 0.05) is 18.2 Å². The molecule has 0 radical (unpaired) electrons. The summed E-state index contributed by atoms with van der Waals surface area (Å²) in [5.74, 6) is 0.334. The lowest BCUT2D eigenvalue weighted by molar-refractivity contribution is 0.0871. The molecule has 5 heteroatoms. The number of ether oxygens (including phenoxy) is 2. The molecule has 3 N–H and O–H groups in total. The van der Waals surface area contributed by atoms with E-state index in [0.29, 0.717) is 30.2 Å². The van der Waals surface area contributed by atoms with Crippen molar-refractivity contribution in [3.63, 3.8) is 0 Å². The van der Waals surface area contributed by atoms with E-state index in [0.717, 1.165) is 0 Å². The first-order chi connectivity index (χ1) is 8.58. The van der Waals surface area contributed by atoms with Crippen LogP contribution in [-0.2, 0) is 4.74 Å². The first-order valence-corrected chi connectivity index (χ1v) is 5.90. The molecule has 0 heterocycles. The average Bonchev–Trinajstić information content (AvgIpc) is 2.36. The number of amides is 1. The van der Waals surface area contributed by atoms with Crippen LogP contribution in [0.1, 0.15) is 24.2 Å². The van der Waals surface area contributed by atoms with Gasteiger partial charge in [0.25, 0.3) is 5.91 Å². The number of carbonyl (C=O) groups excluding carboxylic acids is 1. The molecule has 0 saturated carbocycles. The van der Waals surface area contributed by atoms with Gasteiger partial charge in [0.15, 0.2) is 0 Å². The van der Waals surface area contributed by atoms with Crippen molar-refractivity contribution in [2.45, 2.75) is 19.9 Å². The fourth-order valence-corrected chi connectivity index (χ4v) is 1.50. The van der Waals surface area contributed by atoms with Crippen molar-refractivity contribution in [2.75, 3.05) is 26.1 Å². The lowest BCUT2D eigenvalue weighted by atomic mass is 10.1. The highest BCUT2D eigenvalue weighted by Crippen LogP contribution is 2.22. The first kappa shape index (κ1) is 14.3. The Hall–Kier alpha value is -1.75. The minimum absolute atomic E-state index is 0.0407. The summed E-state index contributed by atoms with van der Waals surface area (Å²) < 4.78 is 10.3. The van der Waals surface area contributed by atoms with E-state index < -0.39 is 0 Å². The summed E-state index contributed by atoms with van der Waals surface area (Å²) in [5.41, 5.74) is 6.72. The van der Waals surface area contributed by atoms with E-state index >= 15 is 0 Å². The molecule has 0 aromatic heterocycles. The predicted octanol–water partition coefficient (Wildman–Crippen LogP) is 1.43. The maximum atomic E-state index is 11.9. The minimum Gasteiger partial charge on any atom is -0.495 e. The van der Waals surface area contributed by atoms with Crippen LogP contribution in [0.15, 0.2) is 18.2 Å². The number of nitrogens with one attached hydrogen (secondary N) is 1. The van der Waals surface area contributed by atoms with Gasteiger partial charge in [-0.15, -0.1) is 0 Å². The van der Waals surface area contributed by atoms with Crippen molar-refractivity contribution in [2.24, 2.45) is 0 Å². The van der Waals surface area contributed by atoms with Gasteiger partial charge in [0.2, 0.25) is 0 Å². The van der Waals surface area contributed by atoms with Gasteiger partial charge in [-0.2, -0.15) is 0 Å². The van der Waals surface area contributed by atoms with Gasteiger partial charge in [0.1, 0.15) is 5.75 Å². The van der Waals surface area contributed by atoms with E-state index in [2.05, 4.69) is 5.32 Å². The zero-order valence-electron chi connectivity index (χ0n) is 11.0. The molecule has 1 rings (SSSR count). The standard InChI is InChI=1S/C13H20N2O3/c1-4-18-8-9(2)15-13(16)10-5-6-11(14)12(7-10)17-3/h5-7,9H,4,8,14H2,1-3H3,(H,15,16). The zero-order valence-corrected chi connectivity index (χ0v) is 11.0. The number of carbonyl (C=O) groups is 1. The van der Waals surface area contributed by atoms with Crippen LogP contribution < -0.4 is 15.8 Å². The van der Waals surface area contributed by atoms with Gasteiger partial charge in [-0.05, 0) is 32.0 Å². The quantitative estimate of drug-likeness (QED) is 0.751. The first-order valence-electron chi connectivity index (χ1n) is 5.90. The number of nitrogens with two attached hydrogens (primary N) is 1. The molecule has 0 saturated heterocycles. The van der Waals surface area contributed by atoms with Crippen LogP contribution in [0.3, 0.4) is 0 Å². The molecule has 0 fully saturated rings. The number of benzene rings is 1. The van der Waals surface area contributed by atoms with E-state index in [4.69, 9.17) is 15.2 Å². The van der Waals surface area contributed by atoms with Gasteiger partial charge in [-0.25, -0.2) is 0 Å². The SMILES string of the molecule is CCOCC(C)NC(=O)c1ccc(N)c(OC)c1. The monoisotopic (exact) mass is 252 g/mol. The van der Waals surface area contributed by atoms with Crippen molar-refractivity contribution in [1.29, 1.82) is 0 Å². The Bertz CT molecular complexity index is 407. The molecule has 1 aromatic carbocycles. The third-order valence-corrected chi connectivity index (χ3v) is 2.45. The smallest absolute Gasteiger partial charge is 0.251 e. The predicted molar refractivity (Wildman–Crippen MR) is 70.8 cm³/mol. The summed E-state index contributed by atoms with van der Waals surface area (Å²) in [7, 11) is 1.52. The number of rotatable bonds is 6. The Kier molecular flexibility index (Phi) is 5.45. The summed E-state index contributed by atoms with van der Waals surface area (Å²) >= 11 is 0. The van der Waals surface area contributed by atoms with Gasteiger partial charge >= 0.3 is 0 Å². The highest BCUT2D eigenvalue weighted by atomic mass is 16.5. The molecule has 0 aliphatic carbocycles. The van der Waals surface area contributed by atoms with Gasteiger partial charge in [-0.3, -0.25) is 4.79 Å². The number of methoxy groups -OCH3 is 1. The molecular weight excluding hydrogens is 232 g/mol. The summed E-state index contributed by atoms with van der Waals surface area (Å²) in [6.45, 7) is 4.94. The lowest BCUT2D eigenvalue weighted by Gasteiger charge is -2.14. The van der Waals surface area contributed by atoms with Crippen LogP contribution in [0.2, 0.25) is 0 Å². The van der Waals surface area contributed by atoms with Gasteiger partial charge < -0.3 is 20.5 Å². The Morgan fingerprint density at radius 1 is 1.50 bits per heavy atom. The molecule has 100 valence electrons. The topological polar surface area (TPSA) is 73.6 Å². The summed E-state index contributed by atoms with van der Waals surface area (Å²) in [4.78, 5) is 11.9. The molecule has 0 aliphatic heterocycles. The lowest BCUT2D eigenvalue weighted by Crippen LogP contribution is -2.35. The Labute approximate surface area is 107 Å². The second-order valence-electron chi connectivity index (χ2n) is 3.99. The fourth-order valence-electron chi connectivity index (χ4n) is 1.50. The van der Waals surface area contributed by atoms with Crippen molar-refractivity contribution >= 4 is 11.6 Å². The van der Waals surface area contributed by atoms with Crippen LogP contribution in [-0.4, -0.2) is 32.3 Å². The largest absolute Gasteiger partial charge is 0.495 e. The molecule has 1 atom stereocenters. The van der Waals surface area contributed by atoms with E-state index in [1.165, 1.54) is 7.11 Å². The van der Waals surface area contributed by atoms with Crippen molar-refractivity contribution in [3.05, 3.63) is 23.8 Å². The molecule has 5 nitrogen and oxygen atoms in total. The summed E-state index contributed by atoms with van der Waals surface area (Å²) in [6, 6.07) is 4.90. The molecule has 1 unspecified atom stereocenters. The van der Waals surface area contributed by atoms with Gasteiger partial charge in [-0.1, -0.05) is 0 Å². The number of nitrogen functional groups attached to an aromatic ring is 1. The summed E-state index contributed by atoms with van der Waals surface area (Å²) in [6.07, 6.45) is 0. The highest BCUT2D eigenvalue weighted by molar-refractivity contribution is 5.95. The second-order valence-corrected chi connectivity index (χ2v) is 3.99. The van der Waals surface area contributed by atoms with Gasteiger partial charge in [0.05, 0.1) is 19.4 Å². The molecule has 18 heavy (non-hydrogen) atoms. The molecule has 1 aromatic rings. The van der Waals surface area contributed by atoms with Crippen molar-refractivity contribution in [1.82, 2.24) is 5.32 Å². The highest BCUT2D eigenvalue weighted by Gasteiger charge is 2.11. The van der Waals surface area contributed by atoms with E-state index in [1.54, 1.807) is 18.2 Å². The number of hydrogen-bond donors (Lipinski definition) is 2. The maximum Gasteiger partial charge on any atom is 0.251 e. The third-order valence-electron chi connectivity index (χ3n) is 2.45. The van der Waals surface area contributed by atoms with Crippen LogP contribution in [0.25, 0.3) is 0 Å². The fraction of sp³-hybridized carbons (Fsp3) is 0.462. The van der Waals surface area contributed by atoms with E-state index in [1.807, 2.05) is 13.8 Å². The number of anilines is 1. The van der Waals surface area contributed by atoms with E-state index in [-0.39, 0.29) is 11.9 Å². The molecule has 0 aliphatic rings. The van der Waals surface area contributed by atoms with Crippen LogP contribution in [0.5, 0.6) is 5.75 Å². The average molecular weight is 252 g/mol.